The van der Waals surface area contributed by atoms with Crippen LogP contribution in [0.5, 0.6) is 0 Å². The number of pyridine rings is 1. The van der Waals surface area contributed by atoms with Gasteiger partial charge in [-0.3, -0.25) is 9.98 Å². The van der Waals surface area contributed by atoms with Crippen molar-refractivity contribution >= 4 is 35.6 Å². The SMILES string of the molecule is CCNC(=NCCc1ccc(C)nc1)NC1CCN(c2cccc(F)c2)CC1.I. The third kappa shape index (κ3) is 7.45. The van der Waals surface area contributed by atoms with E-state index in [0.717, 1.165) is 62.8 Å². The Morgan fingerprint density at radius 2 is 2.03 bits per heavy atom. The molecule has 158 valence electrons. The number of piperidine rings is 1. The van der Waals surface area contributed by atoms with Gasteiger partial charge in [-0.05, 0) is 62.9 Å². The van der Waals surface area contributed by atoms with Gasteiger partial charge in [0.15, 0.2) is 5.96 Å². The molecule has 0 radical (unpaired) electrons. The minimum absolute atomic E-state index is 0. The minimum Gasteiger partial charge on any atom is -0.371 e. The molecular formula is C22H31FIN5. The first-order chi connectivity index (χ1) is 13.6. The van der Waals surface area contributed by atoms with Gasteiger partial charge in [0.1, 0.15) is 5.82 Å². The van der Waals surface area contributed by atoms with Crippen LogP contribution in [-0.4, -0.2) is 43.2 Å². The molecule has 0 bridgehead atoms. The molecule has 5 nitrogen and oxygen atoms in total. The zero-order valence-corrected chi connectivity index (χ0v) is 19.5. The highest BCUT2D eigenvalue weighted by molar-refractivity contribution is 14.0. The minimum atomic E-state index is -0.178. The zero-order valence-electron chi connectivity index (χ0n) is 17.2. The molecule has 2 aromatic rings. The van der Waals surface area contributed by atoms with E-state index in [-0.39, 0.29) is 29.8 Å². The number of aliphatic imine (C=N–C) groups is 1. The Kier molecular flexibility index (Phi) is 9.63. The monoisotopic (exact) mass is 511 g/mol. The highest BCUT2D eigenvalue weighted by Gasteiger charge is 2.20. The lowest BCUT2D eigenvalue weighted by atomic mass is 10.0. The van der Waals surface area contributed by atoms with Crippen molar-refractivity contribution in [2.45, 2.75) is 39.2 Å². The van der Waals surface area contributed by atoms with Crippen LogP contribution in [0.25, 0.3) is 0 Å². The first-order valence-electron chi connectivity index (χ1n) is 10.1. The largest absolute Gasteiger partial charge is 0.371 e. The normalized spacial score (nSPS) is 15.0. The second kappa shape index (κ2) is 11.9. The summed E-state index contributed by atoms with van der Waals surface area (Å²) >= 11 is 0. The zero-order chi connectivity index (χ0) is 19.8. The first kappa shape index (κ1) is 23.4. The van der Waals surface area contributed by atoms with Gasteiger partial charge in [0.25, 0.3) is 0 Å². The quantitative estimate of drug-likeness (QED) is 0.351. The number of hydrogen-bond acceptors (Lipinski definition) is 3. The van der Waals surface area contributed by atoms with E-state index in [2.05, 4.69) is 33.5 Å². The van der Waals surface area contributed by atoms with E-state index < -0.39 is 0 Å². The Morgan fingerprint density at radius 3 is 2.69 bits per heavy atom. The van der Waals surface area contributed by atoms with Gasteiger partial charge in [-0.25, -0.2) is 4.39 Å². The second-order valence-electron chi connectivity index (χ2n) is 7.20. The summed E-state index contributed by atoms with van der Waals surface area (Å²) in [7, 11) is 0. The van der Waals surface area contributed by atoms with Crippen LogP contribution in [0.4, 0.5) is 10.1 Å². The van der Waals surface area contributed by atoms with Crippen molar-refractivity contribution in [3.05, 3.63) is 59.7 Å². The van der Waals surface area contributed by atoms with Crippen molar-refractivity contribution in [2.24, 2.45) is 4.99 Å². The maximum Gasteiger partial charge on any atom is 0.191 e. The van der Waals surface area contributed by atoms with Crippen LogP contribution in [0.3, 0.4) is 0 Å². The van der Waals surface area contributed by atoms with Gasteiger partial charge in [0, 0.05) is 49.8 Å². The van der Waals surface area contributed by atoms with E-state index in [1.54, 1.807) is 12.1 Å². The summed E-state index contributed by atoms with van der Waals surface area (Å²) in [5, 5.41) is 6.89. The molecule has 29 heavy (non-hydrogen) atoms. The Bertz CT molecular complexity index is 773. The Hall–Kier alpha value is -1.90. The molecule has 1 aromatic heterocycles. The Balaban J connectivity index is 0.00000300. The molecule has 2 heterocycles. The summed E-state index contributed by atoms with van der Waals surface area (Å²) < 4.78 is 13.4. The van der Waals surface area contributed by atoms with Crippen LogP contribution in [0.1, 0.15) is 31.0 Å². The average molecular weight is 511 g/mol. The molecule has 1 aromatic carbocycles. The highest BCUT2D eigenvalue weighted by Crippen LogP contribution is 2.20. The molecule has 0 aliphatic carbocycles. The van der Waals surface area contributed by atoms with Gasteiger partial charge in [-0.2, -0.15) is 0 Å². The van der Waals surface area contributed by atoms with Gasteiger partial charge in [0.2, 0.25) is 0 Å². The van der Waals surface area contributed by atoms with E-state index in [4.69, 9.17) is 4.99 Å². The number of anilines is 1. The number of hydrogen-bond donors (Lipinski definition) is 2. The predicted octanol–water partition coefficient (Wildman–Crippen LogP) is 3.91. The van der Waals surface area contributed by atoms with Gasteiger partial charge >= 0.3 is 0 Å². The topological polar surface area (TPSA) is 52.6 Å². The van der Waals surface area contributed by atoms with Crippen LogP contribution in [0.2, 0.25) is 0 Å². The maximum atomic E-state index is 13.4. The summed E-state index contributed by atoms with van der Waals surface area (Å²) in [6.45, 7) is 7.45. The number of rotatable bonds is 6. The number of benzene rings is 1. The molecule has 3 rings (SSSR count). The predicted molar refractivity (Wildman–Crippen MR) is 129 cm³/mol. The number of halogens is 2. The maximum absolute atomic E-state index is 13.4. The smallest absolute Gasteiger partial charge is 0.191 e. The summed E-state index contributed by atoms with van der Waals surface area (Å²) in [6.07, 6.45) is 4.81. The van der Waals surface area contributed by atoms with Crippen molar-refractivity contribution in [3.8, 4) is 0 Å². The summed E-state index contributed by atoms with van der Waals surface area (Å²) in [5.41, 5.74) is 3.20. The van der Waals surface area contributed by atoms with Gasteiger partial charge in [0.05, 0.1) is 0 Å². The van der Waals surface area contributed by atoms with Crippen molar-refractivity contribution in [1.29, 1.82) is 0 Å². The summed E-state index contributed by atoms with van der Waals surface area (Å²) in [4.78, 5) is 11.3. The lowest BCUT2D eigenvalue weighted by Crippen LogP contribution is -2.48. The van der Waals surface area contributed by atoms with E-state index in [0.29, 0.717) is 6.04 Å². The van der Waals surface area contributed by atoms with E-state index >= 15 is 0 Å². The second-order valence-corrected chi connectivity index (χ2v) is 7.20. The van der Waals surface area contributed by atoms with Crippen molar-refractivity contribution in [2.75, 3.05) is 31.1 Å². The molecule has 0 saturated carbocycles. The van der Waals surface area contributed by atoms with Crippen LogP contribution in [0, 0.1) is 12.7 Å². The molecule has 1 aliphatic rings. The molecule has 7 heteroatoms. The Labute approximate surface area is 190 Å². The molecule has 1 fully saturated rings. The molecule has 0 unspecified atom stereocenters. The van der Waals surface area contributed by atoms with E-state index in [1.807, 2.05) is 25.3 Å². The van der Waals surface area contributed by atoms with Crippen molar-refractivity contribution in [1.82, 2.24) is 15.6 Å². The fourth-order valence-electron chi connectivity index (χ4n) is 3.41. The fourth-order valence-corrected chi connectivity index (χ4v) is 3.41. The first-order valence-corrected chi connectivity index (χ1v) is 10.1. The molecule has 1 saturated heterocycles. The number of nitrogens with zero attached hydrogens (tertiary/aromatic N) is 3. The van der Waals surface area contributed by atoms with E-state index in [1.165, 1.54) is 11.6 Å². The van der Waals surface area contributed by atoms with Crippen LogP contribution in [-0.2, 0) is 6.42 Å². The van der Waals surface area contributed by atoms with E-state index in [9.17, 15) is 4.39 Å². The van der Waals surface area contributed by atoms with Crippen LogP contribution < -0.4 is 15.5 Å². The van der Waals surface area contributed by atoms with Gasteiger partial charge in [-0.15, -0.1) is 24.0 Å². The average Bonchev–Trinajstić information content (AvgIpc) is 2.70. The number of guanidine groups is 1. The van der Waals surface area contributed by atoms with Crippen molar-refractivity contribution in [3.63, 3.8) is 0 Å². The molecule has 0 atom stereocenters. The molecule has 0 amide bonds. The highest BCUT2D eigenvalue weighted by atomic mass is 127. The summed E-state index contributed by atoms with van der Waals surface area (Å²) in [5.74, 6) is 0.690. The lowest BCUT2D eigenvalue weighted by molar-refractivity contribution is 0.461. The number of nitrogens with one attached hydrogen (secondary N) is 2. The number of aryl methyl sites for hydroxylation is 1. The van der Waals surface area contributed by atoms with Gasteiger partial charge in [-0.1, -0.05) is 12.1 Å². The van der Waals surface area contributed by atoms with Crippen molar-refractivity contribution < 1.29 is 4.39 Å². The van der Waals surface area contributed by atoms with Crippen LogP contribution >= 0.6 is 24.0 Å². The number of aromatic nitrogens is 1. The third-order valence-electron chi connectivity index (χ3n) is 5.00. The molecule has 2 N–H and O–H groups in total. The van der Waals surface area contributed by atoms with Gasteiger partial charge < -0.3 is 15.5 Å². The fraction of sp³-hybridized carbons (Fsp3) is 0.455. The standard InChI is InChI=1S/C22H30FN5.HI/c1-3-24-22(25-12-9-18-8-7-17(2)26-16-18)27-20-10-13-28(14-11-20)21-6-4-5-19(23)15-21;/h4-8,15-16,20H,3,9-14H2,1-2H3,(H2,24,25,27);1H. The lowest BCUT2D eigenvalue weighted by Gasteiger charge is -2.34. The molecular weight excluding hydrogens is 480 g/mol. The van der Waals surface area contributed by atoms with Crippen LogP contribution in [0.15, 0.2) is 47.6 Å². The summed E-state index contributed by atoms with van der Waals surface area (Å²) in [6, 6.07) is 11.4. The third-order valence-corrected chi connectivity index (χ3v) is 5.00. The molecule has 0 spiro atoms. The Morgan fingerprint density at radius 1 is 1.24 bits per heavy atom. The molecule has 1 aliphatic heterocycles.